The molecule has 27 heavy (non-hydrogen) atoms. The first kappa shape index (κ1) is 20.6. The summed E-state index contributed by atoms with van der Waals surface area (Å²) in [6.07, 6.45) is -4.57. The van der Waals surface area contributed by atoms with Crippen LogP contribution in [0.1, 0.15) is 37.4 Å². The molecule has 0 unspecified atom stereocenters. The van der Waals surface area contributed by atoms with E-state index in [0.717, 1.165) is 24.3 Å². The number of carbonyl (C=O) groups excluding carboxylic acids is 1. The zero-order valence-electron chi connectivity index (χ0n) is 14.4. The highest BCUT2D eigenvalue weighted by atomic mass is 19.4. The van der Waals surface area contributed by atoms with E-state index in [9.17, 15) is 26.7 Å². The van der Waals surface area contributed by atoms with Crippen LogP contribution in [0.2, 0.25) is 0 Å². The summed E-state index contributed by atoms with van der Waals surface area (Å²) in [7, 11) is 0. The molecule has 0 spiro atoms. The molecule has 2 aromatic rings. The van der Waals surface area contributed by atoms with E-state index >= 15 is 0 Å². The number of pyridine rings is 1. The second-order valence-electron chi connectivity index (χ2n) is 5.90. The molecule has 146 valence electrons. The van der Waals surface area contributed by atoms with Crippen molar-refractivity contribution in [2.45, 2.75) is 38.7 Å². The predicted molar refractivity (Wildman–Crippen MR) is 85.0 cm³/mol. The van der Waals surface area contributed by atoms with Gasteiger partial charge in [-0.05, 0) is 43.7 Å². The molecule has 0 aliphatic heterocycles. The lowest BCUT2D eigenvalue weighted by Gasteiger charge is -2.19. The second-order valence-corrected chi connectivity index (χ2v) is 5.90. The minimum absolute atomic E-state index is 0.0559. The van der Waals surface area contributed by atoms with Crippen LogP contribution in [0.25, 0.3) is 0 Å². The van der Waals surface area contributed by atoms with Crippen LogP contribution in [0.4, 0.5) is 22.0 Å². The van der Waals surface area contributed by atoms with Crippen molar-refractivity contribution in [1.29, 1.82) is 0 Å². The summed E-state index contributed by atoms with van der Waals surface area (Å²) >= 11 is 0. The van der Waals surface area contributed by atoms with Gasteiger partial charge in [0.1, 0.15) is 5.82 Å². The number of benzene rings is 1. The Labute approximate surface area is 151 Å². The molecule has 1 aromatic heterocycles. The highest BCUT2D eigenvalue weighted by molar-refractivity contribution is 5.71. The van der Waals surface area contributed by atoms with Gasteiger partial charge in [0.05, 0.1) is 18.2 Å². The van der Waals surface area contributed by atoms with Gasteiger partial charge in [-0.1, -0.05) is 6.07 Å². The third kappa shape index (κ3) is 5.90. The maximum atomic E-state index is 14.2. The normalized spacial score (nSPS) is 12.7. The number of rotatable bonds is 6. The van der Waals surface area contributed by atoms with Gasteiger partial charge in [0.15, 0.2) is 11.6 Å². The van der Waals surface area contributed by atoms with Crippen LogP contribution in [0.5, 0.6) is 5.75 Å². The number of nitrogens with zero attached hydrogens (tertiary/aromatic N) is 1. The van der Waals surface area contributed by atoms with Crippen LogP contribution in [0.15, 0.2) is 36.5 Å². The van der Waals surface area contributed by atoms with Crippen LogP contribution in [-0.4, -0.2) is 23.4 Å². The Balaban J connectivity index is 2.40. The fourth-order valence-corrected chi connectivity index (χ4v) is 2.45. The first-order valence-electron chi connectivity index (χ1n) is 7.92. The highest BCUT2D eigenvalue weighted by Gasteiger charge is 2.33. The Morgan fingerprint density at radius 1 is 1.15 bits per heavy atom. The molecule has 0 saturated carbocycles. The van der Waals surface area contributed by atoms with Crippen LogP contribution in [0.3, 0.4) is 0 Å². The molecule has 0 aliphatic carbocycles. The summed E-state index contributed by atoms with van der Waals surface area (Å²) in [5, 5.41) is 0. The first-order valence-corrected chi connectivity index (χ1v) is 7.92. The van der Waals surface area contributed by atoms with Gasteiger partial charge in [-0.15, -0.1) is 13.2 Å². The van der Waals surface area contributed by atoms with Crippen LogP contribution < -0.4 is 4.74 Å². The maximum absolute atomic E-state index is 14.2. The summed E-state index contributed by atoms with van der Waals surface area (Å²) in [4.78, 5) is 15.9. The van der Waals surface area contributed by atoms with E-state index in [1.54, 1.807) is 13.8 Å². The van der Waals surface area contributed by atoms with E-state index < -0.39 is 41.7 Å². The molecular weight excluding hydrogens is 373 g/mol. The highest BCUT2D eigenvalue weighted by Crippen LogP contribution is 2.33. The van der Waals surface area contributed by atoms with Gasteiger partial charge in [0.25, 0.3) is 0 Å². The van der Waals surface area contributed by atoms with E-state index in [4.69, 9.17) is 4.74 Å². The number of hydrogen-bond acceptors (Lipinski definition) is 4. The number of alkyl halides is 3. The SMILES string of the molecule is CC(C)OC(=O)C[C@@H](c1ccc(OC(F)(F)F)c(F)c1)c1ncccc1F. The summed E-state index contributed by atoms with van der Waals surface area (Å²) in [5.74, 6) is -4.81. The van der Waals surface area contributed by atoms with Crippen molar-refractivity contribution in [2.24, 2.45) is 0 Å². The lowest BCUT2D eigenvalue weighted by molar-refractivity contribution is -0.275. The molecule has 0 N–H and O–H groups in total. The Kier molecular flexibility index (Phi) is 6.35. The van der Waals surface area contributed by atoms with Gasteiger partial charge in [0, 0.05) is 12.1 Å². The molecule has 0 fully saturated rings. The molecule has 0 saturated heterocycles. The largest absolute Gasteiger partial charge is 0.573 e. The van der Waals surface area contributed by atoms with Gasteiger partial charge in [0.2, 0.25) is 0 Å². The van der Waals surface area contributed by atoms with E-state index in [0.29, 0.717) is 0 Å². The van der Waals surface area contributed by atoms with Crippen molar-refractivity contribution in [3.8, 4) is 5.75 Å². The van der Waals surface area contributed by atoms with E-state index in [2.05, 4.69) is 9.72 Å². The van der Waals surface area contributed by atoms with E-state index in [1.807, 2.05) is 0 Å². The fraction of sp³-hybridized carbons (Fsp3) is 0.333. The van der Waals surface area contributed by atoms with Crippen molar-refractivity contribution in [2.75, 3.05) is 0 Å². The van der Waals surface area contributed by atoms with Crippen molar-refractivity contribution in [3.05, 3.63) is 59.4 Å². The van der Waals surface area contributed by atoms with Crippen LogP contribution in [-0.2, 0) is 9.53 Å². The first-order chi connectivity index (χ1) is 12.6. The number of hydrogen-bond donors (Lipinski definition) is 0. The van der Waals surface area contributed by atoms with Crippen LogP contribution in [0, 0.1) is 11.6 Å². The Morgan fingerprint density at radius 3 is 2.41 bits per heavy atom. The van der Waals surface area contributed by atoms with Gasteiger partial charge in [-0.2, -0.15) is 0 Å². The molecule has 0 aliphatic rings. The Bertz CT molecular complexity index is 808. The molecule has 0 radical (unpaired) electrons. The smallest absolute Gasteiger partial charge is 0.463 e. The summed E-state index contributed by atoms with van der Waals surface area (Å²) in [6.45, 7) is 3.24. The number of halogens is 5. The van der Waals surface area contributed by atoms with Crippen molar-refractivity contribution in [3.63, 3.8) is 0 Å². The van der Waals surface area contributed by atoms with Crippen molar-refractivity contribution >= 4 is 5.97 Å². The number of esters is 1. The zero-order valence-corrected chi connectivity index (χ0v) is 14.4. The lowest BCUT2D eigenvalue weighted by Crippen LogP contribution is -2.19. The monoisotopic (exact) mass is 389 g/mol. The Morgan fingerprint density at radius 2 is 1.85 bits per heavy atom. The summed E-state index contributed by atoms with van der Waals surface area (Å²) < 4.78 is 73.7. The third-order valence-electron chi connectivity index (χ3n) is 3.44. The average molecular weight is 389 g/mol. The molecule has 1 aromatic carbocycles. The van der Waals surface area contributed by atoms with E-state index in [1.165, 1.54) is 12.3 Å². The summed E-state index contributed by atoms with van der Waals surface area (Å²) in [6, 6.07) is 5.08. The number of carbonyl (C=O) groups is 1. The standard InChI is InChI=1S/C18H16F5NO3/c1-10(2)26-16(25)9-12(17-13(19)4-3-7-24-17)11-5-6-15(14(20)8-11)27-18(21,22)23/h3-8,10,12H,9H2,1-2H3/t12-/m0/s1. The summed E-state index contributed by atoms with van der Waals surface area (Å²) in [5.41, 5.74) is -0.0950. The molecule has 1 heterocycles. The quantitative estimate of drug-likeness (QED) is 0.529. The van der Waals surface area contributed by atoms with E-state index in [-0.39, 0.29) is 17.7 Å². The molecule has 1 atom stereocenters. The van der Waals surface area contributed by atoms with Gasteiger partial charge in [-0.25, -0.2) is 8.78 Å². The minimum Gasteiger partial charge on any atom is -0.463 e. The zero-order chi connectivity index (χ0) is 20.2. The molecular formula is C18H16F5NO3. The molecule has 9 heteroatoms. The Hall–Kier alpha value is -2.71. The van der Waals surface area contributed by atoms with Crippen molar-refractivity contribution in [1.82, 2.24) is 4.98 Å². The topological polar surface area (TPSA) is 48.4 Å². The molecule has 0 amide bonds. The van der Waals surface area contributed by atoms with Gasteiger partial charge < -0.3 is 9.47 Å². The van der Waals surface area contributed by atoms with Gasteiger partial charge in [-0.3, -0.25) is 9.78 Å². The number of aromatic nitrogens is 1. The third-order valence-corrected chi connectivity index (χ3v) is 3.44. The fourth-order valence-electron chi connectivity index (χ4n) is 2.45. The average Bonchev–Trinajstić information content (AvgIpc) is 2.53. The predicted octanol–water partition coefficient (Wildman–Crippen LogP) is 4.73. The molecule has 4 nitrogen and oxygen atoms in total. The maximum Gasteiger partial charge on any atom is 0.573 e. The number of ether oxygens (including phenoxy) is 2. The van der Waals surface area contributed by atoms with Crippen molar-refractivity contribution < 1.29 is 36.2 Å². The molecule has 0 bridgehead atoms. The minimum atomic E-state index is -5.06. The van der Waals surface area contributed by atoms with Crippen LogP contribution >= 0.6 is 0 Å². The second kappa shape index (κ2) is 8.32. The molecule has 2 rings (SSSR count). The lowest BCUT2D eigenvalue weighted by atomic mass is 9.91. The van der Waals surface area contributed by atoms with Gasteiger partial charge >= 0.3 is 12.3 Å².